The fraction of sp³-hybridized carbons (Fsp3) is 0.625. The highest BCUT2D eigenvalue weighted by Crippen LogP contribution is 2.09. The fourth-order valence-corrected chi connectivity index (χ4v) is 1.16. The SMILES string of the molecule is COC(=O)[C@@H]1CC(C)=CCN1. The van der Waals surface area contributed by atoms with E-state index < -0.39 is 0 Å². The number of hydrogen-bond donors (Lipinski definition) is 1. The highest BCUT2D eigenvalue weighted by molar-refractivity contribution is 5.76. The summed E-state index contributed by atoms with van der Waals surface area (Å²) in [5.41, 5.74) is 1.25. The molecule has 3 heteroatoms. The molecule has 0 fully saturated rings. The molecular formula is C8H13NO2. The Morgan fingerprint density at radius 2 is 2.55 bits per heavy atom. The maximum Gasteiger partial charge on any atom is 0.323 e. The van der Waals surface area contributed by atoms with Gasteiger partial charge in [0.1, 0.15) is 6.04 Å². The smallest absolute Gasteiger partial charge is 0.323 e. The van der Waals surface area contributed by atoms with Crippen molar-refractivity contribution >= 4 is 5.97 Å². The third-order valence-corrected chi connectivity index (χ3v) is 1.83. The predicted molar refractivity (Wildman–Crippen MR) is 42.2 cm³/mol. The summed E-state index contributed by atoms with van der Waals surface area (Å²) in [7, 11) is 1.41. The summed E-state index contributed by atoms with van der Waals surface area (Å²) in [5, 5.41) is 3.05. The van der Waals surface area contributed by atoms with Gasteiger partial charge in [-0.1, -0.05) is 11.6 Å². The lowest BCUT2D eigenvalue weighted by molar-refractivity contribution is -0.143. The third-order valence-electron chi connectivity index (χ3n) is 1.83. The number of hydrogen-bond acceptors (Lipinski definition) is 3. The van der Waals surface area contributed by atoms with Crippen LogP contribution in [0, 0.1) is 0 Å². The van der Waals surface area contributed by atoms with Crippen molar-refractivity contribution in [2.45, 2.75) is 19.4 Å². The predicted octanol–water partition coefficient (Wildman–Crippen LogP) is 0.468. The van der Waals surface area contributed by atoms with E-state index in [1.807, 2.05) is 6.92 Å². The van der Waals surface area contributed by atoms with Crippen molar-refractivity contribution < 1.29 is 9.53 Å². The molecule has 1 atom stereocenters. The number of ether oxygens (including phenoxy) is 1. The van der Waals surface area contributed by atoms with Crippen molar-refractivity contribution in [2.75, 3.05) is 13.7 Å². The Morgan fingerprint density at radius 3 is 3.09 bits per heavy atom. The summed E-state index contributed by atoms with van der Waals surface area (Å²) in [5.74, 6) is -0.169. The van der Waals surface area contributed by atoms with E-state index in [4.69, 9.17) is 0 Å². The highest BCUT2D eigenvalue weighted by Gasteiger charge is 2.20. The number of nitrogens with one attached hydrogen (secondary N) is 1. The summed E-state index contributed by atoms with van der Waals surface area (Å²) in [6.45, 7) is 2.79. The molecule has 0 spiro atoms. The van der Waals surface area contributed by atoms with Crippen LogP contribution < -0.4 is 5.32 Å². The lowest BCUT2D eigenvalue weighted by Crippen LogP contribution is -2.40. The van der Waals surface area contributed by atoms with Gasteiger partial charge in [-0.2, -0.15) is 0 Å². The molecule has 0 aromatic rings. The molecule has 0 radical (unpaired) electrons. The fourth-order valence-electron chi connectivity index (χ4n) is 1.16. The minimum absolute atomic E-state index is 0.134. The first-order chi connectivity index (χ1) is 5.24. The van der Waals surface area contributed by atoms with Gasteiger partial charge in [-0.25, -0.2) is 0 Å². The second-order valence-corrected chi connectivity index (χ2v) is 2.74. The quantitative estimate of drug-likeness (QED) is 0.442. The summed E-state index contributed by atoms with van der Waals surface area (Å²) < 4.78 is 4.61. The van der Waals surface area contributed by atoms with E-state index >= 15 is 0 Å². The molecule has 1 aliphatic rings. The Kier molecular flexibility index (Phi) is 2.65. The first kappa shape index (κ1) is 8.27. The molecule has 1 N–H and O–H groups in total. The summed E-state index contributed by atoms with van der Waals surface area (Å²) >= 11 is 0. The van der Waals surface area contributed by atoms with Crippen molar-refractivity contribution in [1.82, 2.24) is 5.32 Å². The molecule has 3 nitrogen and oxygen atoms in total. The van der Waals surface area contributed by atoms with Gasteiger partial charge in [0.25, 0.3) is 0 Å². The lowest BCUT2D eigenvalue weighted by Gasteiger charge is -2.19. The number of carbonyl (C=O) groups excluding carboxylic acids is 1. The molecule has 0 unspecified atom stereocenters. The zero-order valence-corrected chi connectivity index (χ0v) is 6.89. The Labute approximate surface area is 66.4 Å². The molecule has 0 saturated heterocycles. The van der Waals surface area contributed by atoms with Gasteiger partial charge < -0.3 is 10.1 Å². The Hall–Kier alpha value is -0.830. The van der Waals surface area contributed by atoms with Crippen molar-refractivity contribution in [3.05, 3.63) is 11.6 Å². The van der Waals surface area contributed by atoms with E-state index in [0.29, 0.717) is 0 Å². The standard InChI is InChI=1S/C8H13NO2/c1-6-3-4-9-7(5-6)8(10)11-2/h3,7,9H,4-5H2,1-2H3/t7-/m0/s1. The van der Waals surface area contributed by atoms with Gasteiger partial charge in [-0.3, -0.25) is 4.79 Å². The summed E-state index contributed by atoms with van der Waals surface area (Å²) in [6.07, 6.45) is 2.85. The molecule has 0 aromatic carbocycles. The van der Waals surface area contributed by atoms with Crippen molar-refractivity contribution in [2.24, 2.45) is 0 Å². The zero-order chi connectivity index (χ0) is 8.27. The van der Waals surface area contributed by atoms with Crippen LogP contribution in [0.4, 0.5) is 0 Å². The van der Waals surface area contributed by atoms with E-state index in [9.17, 15) is 4.79 Å². The van der Waals surface area contributed by atoms with Crippen LogP contribution in [0.5, 0.6) is 0 Å². The topological polar surface area (TPSA) is 38.3 Å². The molecule has 0 bridgehead atoms. The molecule has 0 amide bonds. The minimum atomic E-state index is -0.169. The summed E-state index contributed by atoms with van der Waals surface area (Å²) in [4.78, 5) is 11.0. The van der Waals surface area contributed by atoms with Crippen LogP contribution in [0.1, 0.15) is 13.3 Å². The Balaban J connectivity index is 2.50. The number of esters is 1. The number of rotatable bonds is 1. The largest absolute Gasteiger partial charge is 0.468 e. The van der Waals surface area contributed by atoms with E-state index in [1.54, 1.807) is 0 Å². The number of methoxy groups -OCH3 is 1. The minimum Gasteiger partial charge on any atom is -0.468 e. The van der Waals surface area contributed by atoms with Crippen LogP contribution >= 0.6 is 0 Å². The average Bonchev–Trinajstić information content (AvgIpc) is 2.03. The average molecular weight is 155 g/mol. The molecule has 1 aliphatic heterocycles. The second-order valence-electron chi connectivity index (χ2n) is 2.74. The first-order valence-corrected chi connectivity index (χ1v) is 3.71. The van der Waals surface area contributed by atoms with Crippen LogP contribution in [0.15, 0.2) is 11.6 Å². The molecular weight excluding hydrogens is 142 g/mol. The van der Waals surface area contributed by atoms with Gasteiger partial charge in [-0.05, 0) is 13.3 Å². The molecule has 1 rings (SSSR count). The molecule has 62 valence electrons. The highest BCUT2D eigenvalue weighted by atomic mass is 16.5. The van der Waals surface area contributed by atoms with Crippen molar-refractivity contribution in [3.8, 4) is 0 Å². The van der Waals surface area contributed by atoms with Gasteiger partial charge in [0.05, 0.1) is 7.11 Å². The second kappa shape index (κ2) is 3.53. The molecule has 11 heavy (non-hydrogen) atoms. The van der Waals surface area contributed by atoms with E-state index in [0.717, 1.165) is 13.0 Å². The summed E-state index contributed by atoms with van der Waals surface area (Å²) in [6, 6.07) is -0.134. The van der Waals surface area contributed by atoms with Crippen LogP contribution in [0.2, 0.25) is 0 Å². The van der Waals surface area contributed by atoms with Crippen molar-refractivity contribution in [1.29, 1.82) is 0 Å². The maximum atomic E-state index is 11.0. The Morgan fingerprint density at radius 1 is 1.82 bits per heavy atom. The normalized spacial score (nSPS) is 24.2. The van der Waals surface area contributed by atoms with E-state index in [-0.39, 0.29) is 12.0 Å². The van der Waals surface area contributed by atoms with Gasteiger partial charge in [0.2, 0.25) is 0 Å². The van der Waals surface area contributed by atoms with Crippen LogP contribution in [0.3, 0.4) is 0 Å². The lowest BCUT2D eigenvalue weighted by atomic mass is 10.0. The van der Waals surface area contributed by atoms with Gasteiger partial charge >= 0.3 is 5.97 Å². The molecule has 1 heterocycles. The van der Waals surface area contributed by atoms with Gasteiger partial charge in [0, 0.05) is 6.54 Å². The third kappa shape index (κ3) is 2.05. The molecule has 0 aliphatic carbocycles. The van der Waals surface area contributed by atoms with Gasteiger partial charge in [-0.15, -0.1) is 0 Å². The maximum absolute atomic E-state index is 11.0. The van der Waals surface area contributed by atoms with Crippen LogP contribution in [0.25, 0.3) is 0 Å². The molecule has 0 saturated carbocycles. The molecule has 0 aromatic heterocycles. The van der Waals surface area contributed by atoms with E-state index in [1.165, 1.54) is 12.7 Å². The van der Waals surface area contributed by atoms with E-state index in [2.05, 4.69) is 16.1 Å². The Bertz CT molecular complexity index is 187. The number of carbonyl (C=O) groups is 1. The van der Waals surface area contributed by atoms with Gasteiger partial charge in [0.15, 0.2) is 0 Å². The zero-order valence-electron chi connectivity index (χ0n) is 6.89. The van der Waals surface area contributed by atoms with Crippen LogP contribution in [-0.2, 0) is 9.53 Å². The monoisotopic (exact) mass is 155 g/mol. The van der Waals surface area contributed by atoms with Crippen LogP contribution in [-0.4, -0.2) is 25.7 Å². The van der Waals surface area contributed by atoms with Crippen molar-refractivity contribution in [3.63, 3.8) is 0 Å². The first-order valence-electron chi connectivity index (χ1n) is 3.71.